The van der Waals surface area contributed by atoms with Gasteiger partial charge in [0, 0.05) is 12.2 Å². The van der Waals surface area contributed by atoms with Crippen molar-refractivity contribution in [1.82, 2.24) is 4.98 Å². The predicted molar refractivity (Wildman–Crippen MR) is 81.5 cm³/mol. The van der Waals surface area contributed by atoms with Crippen LogP contribution in [0.15, 0.2) is 41.0 Å². The molecule has 0 aliphatic rings. The summed E-state index contributed by atoms with van der Waals surface area (Å²) in [7, 11) is 0. The van der Waals surface area contributed by atoms with Crippen LogP contribution in [0.3, 0.4) is 0 Å². The summed E-state index contributed by atoms with van der Waals surface area (Å²) in [6.07, 6.45) is 1.69. The Hall–Kier alpha value is -1.62. The zero-order valence-corrected chi connectivity index (χ0v) is 12.9. The quantitative estimate of drug-likeness (QED) is 0.867. The molecule has 0 amide bonds. The van der Waals surface area contributed by atoms with Crippen molar-refractivity contribution in [3.05, 3.63) is 52.4 Å². The number of aromatic nitrogens is 1. The van der Waals surface area contributed by atoms with Crippen LogP contribution in [0.25, 0.3) is 0 Å². The molecule has 3 nitrogen and oxygen atoms in total. The molecule has 0 radical (unpaired) electrons. The molecule has 1 atom stereocenters. The first-order chi connectivity index (χ1) is 9.61. The summed E-state index contributed by atoms with van der Waals surface area (Å²) >= 11 is 3.20. The fraction of sp³-hybridized carbons (Fsp3) is 0.267. The smallest absolute Gasteiger partial charge is 0.237 e. The molecule has 20 heavy (non-hydrogen) atoms. The summed E-state index contributed by atoms with van der Waals surface area (Å²) < 4.78 is 19.2. The van der Waals surface area contributed by atoms with Gasteiger partial charge in [-0.2, -0.15) is 0 Å². The molecular formula is C15H16BrFN2O. The first-order valence-corrected chi connectivity index (χ1v) is 7.20. The standard InChI is InChI=1S/C15H16BrFN2O/c1-3-20-15-14(5-4-8-18-15)19-10(2)11-6-7-13(17)12(16)9-11/h4-10,19H,3H2,1-2H3. The third-order valence-corrected chi connectivity index (χ3v) is 3.48. The van der Waals surface area contributed by atoms with Crippen LogP contribution in [0.5, 0.6) is 5.88 Å². The van der Waals surface area contributed by atoms with Crippen molar-refractivity contribution in [3.63, 3.8) is 0 Å². The summed E-state index contributed by atoms with van der Waals surface area (Å²) in [6, 6.07) is 8.74. The molecule has 0 saturated carbocycles. The Morgan fingerprint density at radius 3 is 2.90 bits per heavy atom. The van der Waals surface area contributed by atoms with Gasteiger partial charge in [-0.15, -0.1) is 0 Å². The number of benzene rings is 1. The lowest BCUT2D eigenvalue weighted by Crippen LogP contribution is -2.09. The van der Waals surface area contributed by atoms with Gasteiger partial charge in [0.05, 0.1) is 16.8 Å². The average Bonchev–Trinajstić information content (AvgIpc) is 2.44. The van der Waals surface area contributed by atoms with Gasteiger partial charge in [-0.3, -0.25) is 0 Å². The molecule has 0 fully saturated rings. The molecule has 1 aromatic heterocycles. The highest BCUT2D eigenvalue weighted by Gasteiger charge is 2.11. The number of pyridine rings is 1. The first-order valence-electron chi connectivity index (χ1n) is 6.41. The Morgan fingerprint density at radius 1 is 1.40 bits per heavy atom. The third-order valence-electron chi connectivity index (χ3n) is 2.87. The van der Waals surface area contributed by atoms with Crippen LogP contribution in [0, 0.1) is 5.82 Å². The van der Waals surface area contributed by atoms with Crippen molar-refractivity contribution in [2.45, 2.75) is 19.9 Å². The maximum atomic E-state index is 13.3. The van der Waals surface area contributed by atoms with E-state index in [2.05, 4.69) is 26.2 Å². The number of nitrogens with one attached hydrogen (secondary N) is 1. The second-order valence-electron chi connectivity index (χ2n) is 4.33. The fourth-order valence-electron chi connectivity index (χ4n) is 1.85. The molecule has 1 unspecified atom stereocenters. The maximum Gasteiger partial charge on any atom is 0.237 e. The zero-order chi connectivity index (χ0) is 14.5. The number of rotatable bonds is 5. The first kappa shape index (κ1) is 14.8. The van der Waals surface area contributed by atoms with Crippen molar-refractivity contribution in [2.75, 3.05) is 11.9 Å². The summed E-state index contributed by atoms with van der Waals surface area (Å²) in [5, 5.41) is 3.33. The molecule has 106 valence electrons. The summed E-state index contributed by atoms with van der Waals surface area (Å²) in [5.74, 6) is 0.306. The highest BCUT2D eigenvalue weighted by molar-refractivity contribution is 9.10. The molecule has 2 rings (SSSR count). The molecule has 0 aliphatic carbocycles. The Bertz CT molecular complexity index is 592. The normalized spacial score (nSPS) is 12.0. The number of halogens is 2. The van der Waals surface area contributed by atoms with Gasteiger partial charge in [0.25, 0.3) is 0 Å². The minimum Gasteiger partial charge on any atom is -0.476 e. The minimum absolute atomic E-state index is 0.00954. The van der Waals surface area contributed by atoms with Crippen LogP contribution in [-0.4, -0.2) is 11.6 Å². The van der Waals surface area contributed by atoms with Gasteiger partial charge < -0.3 is 10.1 Å². The van der Waals surface area contributed by atoms with Gasteiger partial charge in [-0.25, -0.2) is 9.37 Å². The second-order valence-corrected chi connectivity index (χ2v) is 5.18. The second kappa shape index (κ2) is 6.70. The van der Waals surface area contributed by atoms with Crippen LogP contribution in [0.2, 0.25) is 0 Å². The summed E-state index contributed by atoms with van der Waals surface area (Å²) in [6.45, 7) is 4.48. The SMILES string of the molecule is CCOc1ncccc1NC(C)c1ccc(F)c(Br)c1. The summed E-state index contributed by atoms with van der Waals surface area (Å²) in [5.41, 5.74) is 1.80. The summed E-state index contributed by atoms with van der Waals surface area (Å²) in [4.78, 5) is 4.19. The highest BCUT2D eigenvalue weighted by atomic mass is 79.9. The van der Waals surface area contributed by atoms with Crippen LogP contribution in [-0.2, 0) is 0 Å². The van der Waals surface area contributed by atoms with Gasteiger partial charge in [0.15, 0.2) is 0 Å². The topological polar surface area (TPSA) is 34.1 Å². The molecule has 5 heteroatoms. The van der Waals surface area contributed by atoms with E-state index in [1.165, 1.54) is 6.07 Å². The van der Waals surface area contributed by atoms with Crippen molar-refractivity contribution < 1.29 is 9.13 Å². The third kappa shape index (κ3) is 3.48. The van der Waals surface area contributed by atoms with Crippen LogP contribution >= 0.6 is 15.9 Å². The molecule has 0 aliphatic heterocycles. The predicted octanol–water partition coefficient (Wildman–Crippen LogP) is 4.56. The van der Waals surface area contributed by atoms with Crippen molar-refractivity contribution in [3.8, 4) is 5.88 Å². The lowest BCUT2D eigenvalue weighted by atomic mass is 10.1. The van der Waals surface area contributed by atoms with E-state index in [-0.39, 0.29) is 11.9 Å². The van der Waals surface area contributed by atoms with E-state index in [0.717, 1.165) is 11.3 Å². The minimum atomic E-state index is -0.266. The van der Waals surface area contributed by atoms with Crippen molar-refractivity contribution in [2.24, 2.45) is 0 Å². The molecule has 1 N–H and O–H groups in total. The van der Waals surface area contributed by atoms with Crippen LogP contribution < -0.4 is 10.1 Å². The average molecular weight is 339 g/mol. The molecule has 0 saturated heterocycles. The molecule has 0 bridgehead atoms. The maximum absolute atomic E-state index is 13.3. The molecular weight excluding hydrogens is 323 g/mol. The molecule has 0 spiro atoms. The van der Waals surface area contributed by atoms with Gasteiger partial charge in [0.2, 0.25) is 5.88 Å². The number of hydrogen-bond donors (Lipinski definition) is 1. The lowest BCUT2D eigenvalue weighted by Gasteiger charge is -2.18. The Balaban J connectivity index is 2.18. The Morgan fingerprint density at radius 2 is 2.20 bits per heavy atom. The lowest BCUT2D eigenvalue weighted by molar-refractivity contribution is 0.328. The molecule has 1 aromatic carbocycles. The van der Waals surface area contributed by atoms with E-state index >= 15 is 0 Å². The monoisotopic (exact) mass is 338 g/mol. The van der Waals surface area contributed by atoms with E-state index in [1.54, 1.807) is 18.3 Å². The van der Waals surface area contributed by atoms with E-state index in [4.69, 9.17) is 4.74 Å². The Kier molecular flexibility index (Phi) is 4.95. The number of hydrogen-bond acceptors (Lipinski definition) is 3. The van der Waals surface area contributed by atoms with Gasteiger partial charge >= 0.3 is 0 Å². The zero-order valence-electron chi connectivity index (χ0n) is 11.4. The number of ether oxygens (including phenoxy) is 1. The fourth-order valence-corrected chi connectivity index (χ4v) is 2.25. The van der Waals surface area contributed by atoms with Crippen LogP contribution in [0.1, 0.15) is 25.5 Å². The van der Waals surface area contributed by atoms with Crippen molar-refractivity contribution >= 4 is 21.6 Å². The van der Waals surface area contributed by atoms with E-state index < -0.39 is 0 Å². The van der Waals surface area contributed by atoms with Crippen LogP contribution in [0.4, 0.5) is 10.1 Å². The molecule has 2 aromatic rings. The molecule has 1 heterocycles. The largest absolute Gasteiger partial charge is 0.476 e. The Labute approximate surface area is 126 Å². The number of nitrogens with zero attached hydrogens (tertiary/aromatic N) is 1. The number of anilines is 1. The van der Waals surface area contributed by atoms with E-state index in [0.29, 0.717) is 17.0 Å². The van der Waals surface area contributed by atoms with E-state index in [1.807, 2.05) is 26.0 Å². The highest BCUT2D eigenvalue weighted by Crippen LogP contribution is 2.27. The van der Waals surface area contributed by atoms with Gasteiger partial charge in [0.1, 0.15) is 5.82 Å². The van der Waals surface area contributed by atoms with E-state index in [9.17, 15) is 4.39 Å². The van der Waals surface area contributed by atoms with Crippen molar-refractivity contribution in [1.29, 1.82) is 0 Å². The van der Waals surface area contributed by atoms with Gasteiger partial charge in [-0.1, -0.05) is 6.07 Å². The van der Waals surface area contributed by atoms with Gasteiger partial charge in [-0.05, 0) is 59.6 Å².